The van der Waals surface area contributed by atoms with Crippen molar-refractivity contribution < 1.29 is 19.0 Å². The third kappa shape index (κ3) is 3.53. The minimum absolute atomic E-state index is 0.0880. The number of benzene rings is 2. The number of rotatable bonds is 5. The summed E-state index contributed by atoms with van der Waals surface area (Å²) in [5.74, 6) is 2.53. The Morgan fingerprint density at radius 2 is 1.96 bits per heavy atom. The molecule has 0 aromatic heterocycles. The summed E-state index contributed by atoms with van der Waals surface area (Å²) < 4.78 is 16.5. The number of hydrogen-bond acceptors (Lipinski definition) is 4. The molecule has 2 atom stereocenters. The highest BCUT2D eigenvalue weighted by Gasteiger charge is 2.30. The predicted molar refractivity (Wildman–Crippen MR) is 107 cm³/mol. The Hall–Kier alpha value is -2.69. The van der Waals surface area contributed by atoms with E-state index in [0.717, 1.165) is 42.7 Å². The summed E-state index contributed by atoms with van der Waals surface area (Å²) in [5, 5.41) is 0. The van der Waals surface area contributed by atoms with E-state index >= 15 is 0 Å². The van der Waals surface area contributed by atoms with Crippen molar-refractivity contribution in [2.75, 3.05) is 20.8 Å². The molecule has 1 fully saturated rings. The van der Waals surface area contributed by atoms with E-state index in [1.807, 2.05) is 35.2 Å². The van der Waals surface area contributed by atoms with Gasteiger partial charge in [-0.25, -0.2) is 0 Å². The lowest BCUT2D eigenvalue weighted by molar-refractivity contribution is -0.131. The largest absolute Gasteiger partial charge is 0.493 e. The van der Waals surface area contributed by atoms with Gasteiger partial charge >= 0.3 is 0 Å². The number of carbonyl (C=O) groups is 1. The molecule has 2 heterocycles. The molecule has 0 aliphatic carbocycles. The molecule has 0 radical (unpaired) electrons. The number of fused-ring (bicyclic) bond motifs is 1. The number of hydrogen-bond donors (Lipinski definition) is 0. The van der Waals surface area contributed by atoms with E-state index in [2.05, 4.69) is 13.0 Å². The SMILES string of the molecule is COc1ccc([C@@H]2CCCN2C(=O)Cc2ccc3c(c2)C[C@H](C)O3)cc1OC. The monoisotopic (exact) mass is 381 g/mol. The highest BCUT2D eigenvalue weighted by atomic mass is 16.5. The maximum absolute atomic E-state index is 13.1. The zero-order valence-electron chi connectivity index (χ0n) is 16.7. The third-order valence-corrected chi connectivity index (χ3v) is 5.68. The first-order valence-electron chi connectivity index (χ1n) is 9.89. The van der Waals surface area contributed by atoms with Crippen LogP contribution in [0.4, 0.5) is 0 Å². The molecule has 2 aliphatic heterocycles. The van der Waals surface area contributed by atoms with Gasteiger partial charge in [0.25, 0.3) is 0 Å². The topological polar surface area (TPSA) is 48.0 Å². The Labute approximate surface area is 166 Å². The van der Waals surface area contributed by atoms with Crippen LogP contribution in [0.15, 0.2) is 36.4 Å². The van der Waals surface area contributed by atoms with E-state index < -0.39 is 0 Å². The fourth-order valence-corrected chi connectivity index (χ4v) is 4.33. The molecule has 1 saturated heterocycles. The van der Waals surface area contributed by atoms with Crippen LogP contribution in [0.5, 0.6) is 17.2 Å². The van der Waals surface area contributed by atoms with Crippen molar-refractivity contribution in [3.05, 3.63) is 53.1 Å². The summed E-state index contributed by atoms with van der Waals surface area (Å²) >= 11 is 0. The quantitative estimate of drug-likeness (QED) is 0.787. The molecule has 2 aromatic rings. The first kappa shape index (κ1) is 18.7. The van der Waals surface area contributed by atoms with Gasteiger partial charge in [0.15, 0.2) is 11.5 Å². The van der Waals surface area contributed by atoms with Gasteiger partial charge in [0.2, 0.25) is 5.91 Å². The van der Waals surface area contributed by atoms with Crippen molar-refractivity contribution in [2.45, 2.75) is 44.8 Å². The number of methoxy groups -OCH3 is 2. The summed E-state index contributed by atoms with van der Waals surface area (Å²) in [6.07, 6.45) is 3.53. The van der Waals surface area contributed by atoms with Gasteiger partial charge < -0.3 is 19.1 Å². The fraction of sp³-hybridized carbons (Fsp3) is 0.435. The second kappa shape index (κ2) is 7.74. The molecule has 2 aliphatic rings. The highest BCUT2D eigenvalue weighted by molar-refractivity contribution is 5.79. The summed E-state index contributed by atoms with van der Waals surface area (Å²) in [6.45, 7) is 2.87. The number of amides is 1. The number of likely N-dealkylation sites (tertiary alicyclic amines) is 1. The molecule has 1 amide bonds. The molecule has 148 valence electrons. The third-order valence-electron chi connectivity index (χ3n) is 5.68. The first-order chi connectivity index (χ1) is 13.6. The molecular formula is C23H27NO4. The molecule has 0 spiro atoms. The molecule has 0 unspecified atom stereocenters. The van der Waals surface area contributed by atoms with Gasteiger partial charge in [-0.15, -0.1) is 0 Å². The molecular weight excluding hydrogens is 354 g/mol. The summed E-state index contributed by atoms with van der Waals surface area (Å²) in [6, 6.07) is 12.2. The van der Waals surface area contributed by atoms with Gasteiger partial charge in [-0.1, -0.05) is 18.2 Å². The minimum Gasteiger partial charge on any atom is -0.493 e. The van der Waals surface area contributed by atoms with E-state index in [4.69, 9.17) is 14.2 Å². The standard InChI is InChI=1S/C23H27NO4/c1-15-11-18-12-16(6-8-20(18)28-15)13-23(25)24-10-4-5-19(24)17-7-9-21(26-2)22(14-17)27-3/h6-9,12,14-15,19H,4-5,10-11,13H2,1-3H3/t15-,19-/m0/s1. The van der Waals surface area contributed by atoms with Gasteiger partial charge in [0, 0.05) is 13.0 Å². The second-order valence-electron chi connectivity index (χ2n) is 7.61. The second-order valence-corrected chi connectivity index (χ2v) is 7.61. The van der Waals surface area contributed by atoms with Crippen LogP contribution in [0.25, 0.3) is 0 Å². The lowest BCUT2D eigenvalue weighted by atomic mass is 10.0. The molecule has 4 rings (SSSR count). The Morgan fingerprint density at radius 3 is 2.75 bits per heavy atom. The normalized spacial score (nSPS) is 20.6. The van der Waals surface area contributed by atoms with Crippen LogP contribution in [-0.2, 0) is 17.6 Å². The van der Waals surface area contributed by atoms with Crippen molar-refractivity contribution in [3.8, 4) is 17.2 Å². The van der Waals surface area contributed by atoms with Crippen molar-refractivity contribution in [1.82, 2.24) is 4.90 Å². The van der Waals surface area contributed by atoms with Crippen molar-refractivity contribution in [2.24, 2.45) is 0 Å². The predicted octanol–water partition coefficient (Wildman–Crippen LogP) is 3.93. The maximum Gasteiger partial charge on any atom is 0.227 e. The van der Waals surface area contributed by atoms with E-state index in [9.17, 15) is 4.79 Å². The summed E-state index contributed by atoms with van der Waals surface area (Å²) in [5.41, 5.74) is 3.36. The van der Waals surface area contributed by atoms with Gasteiger partial charge in [0.1, 0.15) is 11.9 Å². The van der Waals surface area contributed by atoms with Crippen LogP contribution in [-0.4, -0.2) is 37.7 Å². The van der Waals surface area contributed by atoms with E-state index in [0.29, 0.717) is 17.9 Å². The summed E-state index contributed by atoms with van der Waals surface area (Å²) in [7, 11) is 3.27. The van der Waals surface area contributed by atoms with Gasteiger partial charge in [-0.3, -0.25) is 4.79 Å². The molecule has 0 saturated carbocycles. The molecule has 0 bridgehead atoms. The smallest absolute Gasteiger partial charge is 0.227 e. The van der Waals surface area contributed by atoms with Crippen LogP contribution in [0, 0.1) is 0 Å². The van der Waals surface area contributed by atoms with E-state index in [-0.39, 0.29) is 18.1 Å². The highest BCUT2D eigenvalue weighted by Crippen LogP contribution is 2.37. The molecule has 5 heteroatoms. The van der Waals surface area contributed by atoms with Crippen LogP contribution in [0.1, 0.15) is 42.5 Å². The Kier molecular flexibility index (Phi) is 5.16. The molecule has 0 N–H and O–H groups in total. The molecule has 28 heavy (non-hydrogen) atoms. The number of ether oxygens (including phenoxy) is 3. The number of nitrogens with zero attached hydrogens (tertiary/aromatic N) is 1. The van der Waals surface area contributed by atoms with Crippen LogP contribution >= 0.6 is 0 Å². The van der Waals surface area contributed by atoms with Crippen molar-refractivity contribution in [3.63, 3.8) is 0 Å². The van der Waals surface area contributed by atoms with Crippen LogP contribution in [0.3, 0.4) is 0 Å². The van der Waals surface area contributed by atoms with Crippen molar-refractivity contribution >= 4 is 5.91 Å². The fourth-order valence-electron chi connectivity index (χ4n) is 4.33. The Balaban J connectivity index is 1.51. The van der Waals surface area contributed by atoms with E-state index in [1.165, 1.54) is 5.56 Å². The lowest BCUT2D eigenvalue weighted by Crippen LogP contribution is -2.31. The lowest BCUT2D eigenvalue weighted by Gasteiger charge is -2.26. The maximum atomic E-state index is 13.1. The molecule has 2 aromatic carbocycles. The zero-order valence-corrected chi connectivity index (χ0v) is 16.7. The minimum atomic E-state index is 0.0880. The number of carbonyl (C=O) groups excluding carboxylic acids is 1. The Bertz CT molecular complexity index is 879. The first-order valence-corrected chi connectivity index (χ1v) is 9.89. The Morgan fingerprint density at radius 1 is 1.14 bits per heavy atom. The zero-order chi connectivity index (χ0) is 19.7. The average Bonchev–Trinajstić information content (AvgIpc) is 3.33. The average molecular weight is 381 g/mol. The summed E-state index contributed by atoms with van der Waals surface area (Å²) in [4.78, 5) is 15.1. The van der Waals surface area contributed by atoms with Crippen LogP contribution < -0.4 is 14.2 Å². The van der Waals surface area contributed by atoms with Crippen LogP contribution in [0.2, 0.25) is 0 Å². The molecule has 5 nitrogen and oxygen atoms in total. The van der Waals surface area contributed by atoms with Gasteiger partial charge in [0.05, 0.1) is 26.7 Å². The van der Waals surface area contributed by atoms with Crippen molar-refractivity contribution in [1.29, 1.82) is 0 Å². The van der Waals surface area contributed by atoms with E-state index in [1.54, 1.807) is 14.2 Å². The van der Waals surface area contributed by atoms with Gasteiger partial charge in [-0.05, 0) is 54.7 Å². The van der Waals surface area contributed by atoms with Gasteiger partial charge in [-0.2, -0.15) is 0 Å².